The van der Waals surface area contributed by atoms with Gasteiger partial charge in [0.15, 0.2) is 5.60 Å². The van der Waals surface area contributed by atoms with Crippen LogP contribution >= 0.6 is 23.2 Å². The summed E-state index contributed by atoms with van der Waals surface area (Å²) in [6.07, 6.45) is 2.80. The van der Waals surface area contributed by atoms with Crippen LogP contribution in [-0.4, -0.2) is 30.1 Å². The first-order chi connectivity index (χ1) is 14.9. The molecule has 0 aliphatic heterocycles. The SMILES string of the molecule is Cc1cncc(S(=O)(=O)Nc2c(Cl)cc(Cl)cc2-c2ccc(OC(C)(C)C(=O)O)cc2)c1. The van der Waals surface area contributed by atoms with Crippen molar-refractivity contribution in [2.24, 2.45) is 0 Å². The van der Waals surface area contributed by atoms with Gasteiger partial charge < -0.3 is 9.84 Å². The van der Waals surface area contributed by atoms with E-state index in [-0.39, 0.29) is 15.6 Å². The van der Waals surface area contributed by atoms with Crippen molar-refractivity contribution in [2.75, 3.05) is 4.72 Å². The number of benzene rings is 2. The number of hydrogen-bond acceptors (Lipinski definition) is 5. The molecule has 0 amide bonds. The molecule has 0 aliphatic carbocycles. The molecule has 2 N–H and O–H groups in total. The molecule has 2 aromatic carbocycles. The number of carbonyl (C=O) groups is 1. The van der Waals surface area contributed by atoms with E-state index in [0.29, 0.717) is 27.5 Å². The van der Waals surface area contributed by atoms with E-state index in [0.717, 1.165) is 0 Å². The number of carboxylic acids is 1. The molecule has 7 nitrogen and oxygen atoms in total. The molecule has 0 saturated carbocycles. The number of sulfonamides is 1. The van der Waals surface area contributed by atoms with Crippen LogP contribution in [0.5, 0.6) is 5.75 Å². The highest BCUT2D eigenvalue weighted by molar-refractivity contribution is 7.92. The third-order valence-corrected chi connectivity index (χ3v) is 6.34. The number of nitrogens with one attached hydrogen (secondary N) is 1. The number of carboxylic acid groups (broad SMARTS) is 1. The predicted molar refractivity (Wildman–Crippen MR) is 124 cm³/mol. The number of rotatable bonds is 7. The summed E-state index contributed by atoms with van der Waals surface area (Å²) >= 11 is 12.5. The minimum Gasteiger partial charge on any atom is -0.478 e. The van der Waals surface area contributed by atoms with Crippen LogP contribution in [0.2, 0.25) is 10.0 Å². The summed E-state index contributed by atoms with van der Waals surface area (Å²) in [7, 11) is -3.97. The minimum absolute atomic E-state index is 0.00545. The monoisotopic (exact) mass is 494 g/mol. The Hall–Kier alpha value is -2.81. The fraction of sp³-hybridized carbons (Fsp3) is 0.182. The molecule has 0 fully saturated rings. The first-order valence-corrected chi connectivity index (χ1v) is 11.6. The lowest BCUT2D eigenvalue weighted by atomic mass is 10.0. The van der Waals surface area contributed by atoms with Crippen molar-refractivity contribution in [3.63, 3.8) is 0 Å². The van der Waals surface area contributed by atoms with Gasteiger partial charge in [-0.3, -0.25) is 9.71 Å². The summed E-state index contributed by atoms with van der Waals surface area (Å²) in [6, 6.07) is 11.0. The van der Waals surface area contributed by atoms with Gasteiger partial charge in [-0.15, -0.1) is 0 Å². The van der Waals surface area contributed by atoms with E-state index in [1.807, 2.05) is 0 Å². The molecule has 1 heterocycles. The number of aromatic nitrogens is 1. The number of anilines is 1. The van der Waals surface area contributed by atoms with Crippen molar-refractivity contribution in [2.45, 2.75) is 31.3 Å². The van der Waals surface area contributed by atoms with Crippen LogP contribution in [-0.2, 0) is 14.8 Å². The van der Waals surface area contributed by atoms with Crippen molar-refractivity contribution < 1.29 is 23.1 Å². The van der Waals surface area contributed by atoms with E-state index >= 15 is 0 Å². The third-order valence-electron chi connectivity index (χ3n) is 4.50. The topological polar surface area (TPSA) is 106 Å². The number of nitrogens with zero attached hydrogens (tertiary/aromatic N) is 1. The Bertz CT molecular complexity index is 1280. The molecule has 1 aromatic heterocycles. The second-order valence-corrected chi connectivity index (χ2v) is 10.1. The number of aryl methyl sites for hydroxylation is 1. The van der Waals surface area contributed by atoms with E-state index in [1.165, 1.54) is 32.2 Å². The molecule has 0 saturated heterocycles. The van der Waals surface area contributed by atoms with Crippen LogP contribution in [0.1, 0.15) is 19.4 Å². The molecule has 0 aliphatic rings. The summed E-state index contributed by atoms with van der Waals surface area (Å²) in [5.74, 6) is -0.771. The lowest BCUT2D eigenvalue weighted by Gasteiger charge is -2.21. The van der Waals surface area contributed by atoms with E-state index in [9.17, 15) is 18.3 Å². The number of hydrogen-bond donors (Lipinski definition) is 2. The Kier molecular flexibility index (Phi) is 6.69. The second-order valence-electron chi connectivity index (χ2n) is 7.56. The Morgan fingerprint density at radius 3 is 2.34 bits per heavy atom. The van der Waals surface area contributed by atoms with Crippen molar-refractivity contribution in [1.82, 2.24) is 4.98 Å². The molecule has 10 heteroatoms. The molecular weight excluding hydrogens is 475 g/mol. The molecule has 3 rings (SSSR count). The van der Waals surface area contributed by atoms with Crippen LogP contribution in [0.4, 0.5) is 5.69 Å². The van der Waals surface area contributed by atoms with Gasteiger partial charge in [-0.05, 0) is 62.2 Å². The summed E-state index contributed by atoms with van der Waals surface area (Å²) in [5.41, 5.74) is 0.460. The quantitative estimate of drug-likeness (QED) is 0.454. The first kappa shape index (κ1) is 23.8. The molecule has 0 atom stereocenters. The van der Waals surface area contributed by atoms with E-state index in [1.54, 1.807) is 43.5 Å². The van der Waals surface area contributed by atoms with Crippen molar-refractivity contribution in [3.05, 3.63) is 70.5 Å². The number of aliphatic carboxylic acids is 1. The Labute approximate surface area is 196 Å². The number of ether oxygens (including phenoxy) is 1. The van der Waals surface area contributed by atoms with E-state index in [2.05, 4.69) is 9.71 Å². The van der Waals surface area contributed by atoms with Gasteiger partial charge in [0.2, 0.25) is 0 Å². The van der Waals surface area contributed by atoms with Crippen LogP contribution in [0.3, 0.4) is 0 Å². The number of halogens is 2. The normalized spacial score (nSPS) is 11.8. The van der Waals surface area contributed by atoms with Gasteiger partial charge in [0.1, 0.15) is 10.6 Å². The largest absolute Gasteiger partial charge is 0.478 e. The molecule has 0 spiro atoms. The minimum atomic E-state index is -3.97. The maximum Gasteiger partial charge on any atom is 0.347 e. The summed E-state index contributed by atoms with van der Waals surface area (Å²) < 4.78 is 33.9. The fourth-order valence-corrected chi connectivity index (χ4v) is 4.56. The maximum absolute atomic E-state index is 12.9. The predicted octanol–water partition coefficient (Wildman–Crippen LogP) is 5.41. The molecule has 168 valence electrons. The standard InChI is InChI=1S/C22H20Cl2N2O5S/c1-13-8-17(12-25-11-13)32(29,30)26-20-18(9-15(23)10-19(20)24)14-4-6-16(7-5-14)31-22(2,3)21(27)28/h4-12,26H,1-3H3,(H,27,28). The van der Waals surface area contributed by atoms with Crippen LogP contribution in [0.15, 0.2) is 59.8 Å². The van der Waals surface area contributed by atoms with E-state index < -0.39 is 21.6 Å². The second kappa shape index (κ2) is 8.97. The van der Waals surface area contributed by atoms with Gasteiger partial charge in [0, 0.05) is 23.0 Å². The first-order valence-electron chi connectivity index (χ1n) is 9.35. The van der Waals surface area contributed by atoms with Gasteiger partial charge in [0.05, 0.1) is 10.7 Å². The van der Waals surface area contributed by atoms with Crippen molar-refractivity contribution in [3.8, 4) is 16.9 Å². The van der Waals surface area contributed by atoms with Gasteiger partial charge in [-0.25, -0.2) is 13.2 Å². The van der Waals surface area contributed by atoms with Crippen LogP contribution < -0.4 is 9.46 Å². The van der Waals surface area contributed by atoms with Crippen LogP contribution in [0, 0.1) is 6.92 Å². The van der Waals surface area contributed by atoms with Gasteiger partial charge >= 0.3 is 5.97 Å². The molecule has 0 bridgehead atoms. The molecule has 3 aromatic rings. The summed E-state index contributed by atoms with van der Waals surface area (Å²) in [5, 5.41) is 9.66. The third kappa shape index (κ3) is 5.32. The number of pyridine rings is 1. The lowest BCUT2D eigenvalue weighted by Crippen LogP contribution is -2.37. The van der Waals surface area contributed by atoms with Crippen LogP contribution in [0.25, 0.3) is 11.1 Å². The average molecular weight is 495 g/mol. The van der Waals surface area contributed by atoms with Gasteiger partial charge in [-0.1, -0.05) is 35.3 Å². The average Bonchev–Trinajstić information content (AvgIpc) is 2.70. The Morgan fingerprint density at radius 1 is 1.09 bits per heavy atom. The zero-order valence-electron chi connectivity index (χ0n) is 17.4. The van der Waals surface area contributed by atoms with Gasteiger partial charge in [0.25, 0.3) is 10.0 Å². The zero-order valence-corrected chi connectivity index (χ0v) is 19.7. The molecular formula is C22H20Cl2N2O5S. The molecule has 0 radical (unpaired) electrons. The van der Waals surface area contributed by atoms with Gasteiger partial charge in [-0.2, -0.15) is 0 Å². The zero-order chi connectivity index (χ0) is 23.7. The van der Waals surface area contributed by atoms with Crippen molar-refractivity contribution >= 4 is 44.9 Å². The summed E-state index contributed by atoms with van der Waals surface area (Å²) in [6.45, 7) is 4.61. The highest BCUT2D eigenvalue weighted by Gasteiger charge is 2.29. The fourth-order valence-electron chi connectivity index (χ4n) is 2.81. The van der Waals surface area contributed by atoms with Crippen molar-refractivity contribution in [1.29, 1.82) is 0 Å². The highest BCUT2D eigenvalue weighted by Crippen LogP contribution is 2.39. The lowest BCUT2D eigenvalue weighted by molar-refractivity contribution is -0.152. The Balaban J connectivity index is 2.00. The maximum atomic E-state index is 12.9. The summed E-state index contributed by atoms with van der Waals surface area (Å²) in [4.78, 5) is 15.2. The smallest absolute Gasteiger partial charge is 0.347 e. The molecule has 32 heavy (non-hydrogen) atoms. The molecule has 0 unspecified atom stereocenters. The highest BCUT2D eigenvalue weighted by atomic mass is 35.5. The van der Waals surface area contributed by atoms with E-state index in [4.69, 9.17) is 27.9 Å². The Morgan fingerprint density at radius 2 is 1.75 bits per heavy atom.